The Labute approximate surface area is 211 Å². The maximum absolute atomic E-state index is 10.9. The van der Waals surface area contributed by atoms with Gasteiger partial charge in [-0.1, -0.05) is 11.6 Å². The fourth-order valence-corrected chi connectivity index (χ4v) is 3.44. The van der Waals surface area contributed by atoms with Gasteiger partial charge in [0.15, 0.2) is 0 Å². The van der Waals surface area contributed by atoms with Crippen LogP contribution in [0.2, 0.25) is 5.15 Å². The van der Waals surface area contributed by atoms with E-state index in [1.807, 2.05) is 4.90 Å². The SMILES string of the molecule is C1COCCN1.O=[N+]([O-])c1cc(Br)cnc1Cl.O=[N+]([O-])c1cc(Br)cnc1N1CCOCC1. The van der Waals surface area contributed by atoms with Crippen LogP contribution in [0.4, 0.5) is 17.2 Å². The number of rotatable bonds is 3. The van der Waals surface area contributed by atoms with Crippen molar-refractivity contribution in [2.75, 3.05) is 57.5 Å². The molecule has 2 saturated heterocycles. The minimum absolute atomic E-state index is 0.0243. The van der Waals surface area contributed by atoms with Crippen LogP contribution < -0.4 is 10.2 Å². The summed E-state index contributed by atoms with van der Waals surface area (Å²) >= 11 is 11.6. The Morgan fingerprint density at radius 1 is 0.909 bits per heavy atom. The number of nitro groups is 2. The van der Waals surface area contributed by atoms with E-state index >= 15 is 0 Å². The largest absolute Gasteiger partial charge is 0.379 e. The van der Waals surface area contributed by atoms with Gasteiger partial charge in [0.2, 0.25) is 11.0 Å². The summed E-state index contributed by atoms with van der Waals surface area (Å²) in [6, 6.07) is 2.77. The third-order valence-corrected chi connectivity index (χ3v) is 5.31. The summed E-state index contributed by atoms with van der Waals surface area (Å²) in [6.45, 7) is 6.26. The smallest absolute Gasteiger partial charge is 0.312 e. The lowest BCUT2D eigenvalue weighted by Gasteiger charge is -2.27. The van der Waals surface area contributed by atoms with E-state index in [1.54, 1.807) is 6.20 Å². The highest BCUT2D eigenvalue weighted by atomic mass is 79.9. The van der Waals surface area contributed by atoms with Crippen molar-refractivity contribution in [2.24, 2.45) is 0 Å². The summed E-state index contributed by atoms with van der Waals surface area (Å²) < 4.78 is 11.3. The van der Waals surface area contributed by atoms with Crippen molar-refractivity contribution in [3.05, 3.63) is 58.9 Å². The molecule has 2 aromatic heterocycles. The van der Waals surface area contributed by atoms with Crippen LogP contribution in [-0.4, -0.2) is 72.4 Å². The summed E-state index contributed by atoms with van der Waals surface area (Å²) in [7, 11) is 0. The zero-order valence-corrected chi connectivity index (χ0v) is 21.2. The number of morpholine rings is 2. The summed E-state index contributed by atoms with van der Waals surface area (Å²) in [5.41, 5.74) is -0.169. The molecule has 0 spiro atoms. The fourth-order valence-electron chi connectivity index (χ4n) is 2.63. The van der Waals surface area contributed by atoms with Crippen LogP contribution >= 0.6 is 43.5 Å². The molecule has 0 amide bonds. The highest BCUT2D eigenvalue weighted by Gasteiger charge is 2.23. The van der Waals surface area contributed by atoms with E-state index in [9.17, 15) is 20.2 Å². The molecule has 33 heavy (non-hydrogen) atoms. The Kier molecular flexibility index (Phi) is 11.8. The molecule has 1 N–H and O–H groups in total. The molecule has 0 radical (unpaired) electrons. The van der Waals surface area contributed by atoms with Crippen molar-refractivity contribution < 1.29 is 19.3 Å². The molecule has 15 heteroatoms. The Hall–Kier alpha value is -1.97. The normalized spacial score (nSPS) is 15.4. The standard InChI is InChI=1S/C9H10BrN3O3.C5H2BrClN2O2.C4H9NO/c10-7-5-8(13(14)15)9(11-6-7)12-1-3-16-4-2-12;6-3-1-4(9(10)11)5(7)8-2-3;1-3-6-4-2-5-1/h5-6H,1-4H2;1-2H;5H,1-4H2. The number of anilines is 1. The van der Waals surface area contributed by atoms with Gasteiger partial charge in [-0.15, -0.1) is 0 Å². The maximum atomic E-state index is 10.9. The topological polar surface area (TPSA) is 146 Å². The molecule has 0 unspecified atom stereocenters. The first-order chi connectivity index (χ1) is 15.8. The highest BCUT2D eigenvalue weighted by Crippen LogP contribution is 2.29. The zero-order valence-electron chi connectivity index (χ0n) is 17.3. The van der Waals surface area contributed by atoms with Gasteiger partial charge in [0.1, 0.15) is 0 Å². The van der Waals surface area contributed by atoms with Crippen LogP contribution in [0, 0.1) is 20.2 Å². The summed E-state index contributed by atoms with van der Waals surface area (Å²) in [4.78, 5) is 29.7. The molecule has 0 atom stereocenters. The second kappa shape index (κ2) is 14.3. The predicted molar refractivity (Wildman–Crippen MR) is 129 cm³/mol. The highest BCUT2D eigenvalue weighted by molar-refractivity contribution is 9.10. The van der Waals surface area contributed by atoms with Gasteiger partial charge in [0.25, 0.3) is 0 Å². The van der Waals surface area contributed by atoms with Crippen LogP contribution in [0.1, 0.15) is 0 Å². The van der Waals surface area contributed by atoms with Gasteiger partial charge in [-0.25, -0.2) is 9.97 Å². The van der Waals surface area contributed by atoms with E-state index in [0.717, 1.165) is 26.3 Å². The quantitative estimate of drug-likeness (QED) is 0.310. The van der Waals surface area contributed by atoms with E-state index < -0.39 is 9.85 Å². The van der Waals surface area contributed by atoms with Crippen LogP contribution in [0.15, 0.2) is 33.5 Å². The number of nitrogens with one attached hydrogen (secondary N) is 1. The lowest BCUT2D eigenvalue weighted by molar-refractivity contribution is -0.385. The predicted octanol–water partition coefficient (Wildman–Crippen LogP) is 3.60. The molecule has 2 fully saturated rings. The van der Waals surface area contributed by atoms with Crippen molar-refractivity contribution in [1.82, 2.24) is 15.3 Å². The van der Waals surface area contributed by atoms with Crippen LogP contribution in [0.25, 0.3) is 0 Å². The molecule has 2 aliphatic heterocycles. The number of nitrogens with zero attached hydrogens (tertiary/aromatic N) is 5. The minimum atomic E-state index is -0.583. The molecule has 4 heterocycles. The molecule has 4 rings (SSSR count). The van der Waals surface area contributed by atoms with Crippen molar-refractivity contribution >= 4 is 60.7 Å². The summed E-state index contributed by atoms with van der Waals surface area (Å²) in [6.07, 6.45) is 2.97. The number of hydrogen-bond donors (Lipinski definition) is 1. The van der Waals surface area contributed by atoms with E-state index in [-0.39, 0.29) is 16.5 Å². The molecular weight excluding hydrogens is 591 g/mol. The number of ether oxygens (including phenoxy) is 2. The van der Waals surface area contributed by atoms with Crippen molar-refractivity contribution in [1.29, 1.82) is 0 Å². The summed E-state index contributed by atoms with van der Waals surface area (Å²) in [5, 5.41) is 24.2. The van der Waals surface area contributed by atoms with Gasteiger partial charge in [0, 0.05) is 59.7 Å². The van der Waals surface area contributed by atoms with Gasteiger partial charge in [-0.3, -0.25) is 20.2 Å². The molecule has 0 aliphatic carbocycles. The first-order valence-electron chi connectivity index (χ1n) is 9.66. The Morgan fingerprint density at radius 3 is 1.88 bits per heavy atom. The lowest BCUT2D eigenvalue weighted by Crippen LogP contribution is -2.37. The molecule has 180 valence electrons. The molecule has 0 aromatic carbocycles. The number of aromatic nitrogens is 2. The lowest BCUT2D eigenvalue weighted by atomic mass is 10.3. The molecule has 0 bridgehead atoms. The summed E-state index contributed by atoms with van der Waals surface area (Å²) in [5.74, 6) is 0.413. The molecule has 2 aliphatic rings. The Balaban J connectivity index is 0.000000195. The maximum Gasteiger partial charge on any atom is 0.312 e. The first-order valence-corrected chi connectivity index (χ1v) is 11.6. The molecule has 2 aromatic rings. The van der Waals surface area contributed by atoms with Gasteiger partial charge in [-0.2, -0.15) is 0 Å². The van der Waals surface area contributed by atoms with E-state index in [0.29, 0.717) is 41.1 Å². The van der Waals surface area contributed by atoms with E-state index in [2.05, 4.69) is 47.1 Å². The Bertz CT molecular complexity index is 935. The molecule has 12 nitrogen and oxygen atoms in total. The third kappa shape index (κ3) is 9.43. The molecule has 0 saturated carbocycles. The van der Waals surface area contributed by atoms with Crippen molar-refractivity contribution in [2.45, 2.75) is 0 Å². The second-order valence-electron chi connectivity index (χ2n) is 6.44. The van der Waals surface area contributed by atoms with E-state index in [1.165, 1.54) is 18.3 Å². The number of pyridine rings is 2. The molecular formula is C18H21Br2ClN6O6. The minimum Gasteiger partial charge on any atom is -0.379 e. The van der Waals surface area contributed by atoms with Gasteiger partial charge < -0.3 is 19.7 Å². The fraction of sp³-hybridized carbons (Fsp3) is 0.444. The van der Waals surface area contributed by atoms with Crippen LogP contribution in [0.5, 0.6) is 0 Å². The van der Waals surface area contributed by atoms with Gasteiger partial charge >= 0.3 is 11.4 Å². The van der Waals surface area contributed by atoms with Crippen LogP contribution in [-0.2, 0) is 9.47 Å². The van der Waals surface area contributed by atoms with Gasteiger partial charge in [-0.05, 0) is 31.9 Å². The monoisotopic (exact) mass is 610 g/mol. The van der Waals surface area contributed by atoms with Gasteiger partial charge in [0.05, 0.1) is 36.3 Å². The zero-order chi connectivity index (χ0) is 24.2. The van der Waals surface area contributed by atoms with Crippen LogP contribution in [0.3, 0.4) is 0 Å². The van der Waals surface area contributed by atoms with E-state index in [4.69, 9.17) is 21.1 Å². The number of halogens is 3. The first kappa shape index (κ1) is 27.3. The Morgan fingerprint density at radius 2 is 1.42 bits per heavy atom. The number of hydrogen-bond acceptors (Lipinski definition) is 10. The van der Waals surface area contributed by atoms with Crippen molar-refractivity contribution in [3.63, 3.8) is 0 Å². The second-order valence-corrected chi connectivity index (χ2v) is 8.63. The average molecular weight is 613 g/mol. The average Bonchev–Trinajstić information content (AvgIpc) is 2.83. The third-order valence-electron chi connectivity index (χ3n) is 4.15. The van der Waals surface area contributed by atoms with Crippen molar-refractivity contribution in [3.8, 4) is 0 Å².